The molecule has 0 aliphatic rings. The third-order valence-corrected chi connectivity index (χ3v) is 5.54. The fourth-order valence-electron chi connectivity index (χ4n) is 1.46. The molecule has 4 nitrogen and oxygen atoms in total. The molecule has 20 heavy (non-hydrogen) atoms. The summed E-state index contributed by atoms with van der Waals surface area (Å²) >= 11 is 0. The predicted octanol–water partition coefficient (Wildman–Crippen LogP) is 2.98. The SMILES string of the molecule is CC(C)NC(=O)CCC(C)(C)SSCC(=O)NC(C)C. The fourth-order valence-corrected chi connectivity index (χ4v) is 3.92. The van der Waals surface area contributed by atoms with Crippen molar-refractivity contribution in [3.05, 3.63) is 0 Å². The van der Waals surface area contributed by atoms with Gasteiger partial charge in [0, 0.05) is 23.3 Å². The Labute approximate surface area is 131 Å². The van der Waals surface area contributed by atoms with Crippen LogP contribution in [0.3, 0.4) is 0 Å². The van der Waals surface area contributed by atoms with E-state index in [2.05, 4.69) is 24.5 Å². The summed E-state index contributed by atoms with van der Waals surface area (Å²) in [4.78, 5) is 23.1. The number of nitrogens with one attached hydrogen (secondary N) is 2. The minimum Gasteiger partial charge on any atom is -0.354 e. The van der Waals surface area contributed by atoms with E-state index in [1.807, 2.05) is 27.7 Å². The van der Waals surface area contributed by atoms with E-state index in [0.717, 1.165) is 6.42 Å². The Bertz CT molecular complexity index is 318. The predicted molar refractivity (Wildman–Crippen MR) is 89.9 cm³/mol. The molecule has 0 aromatic carbocycles. The highest BCUT2D eigenvalue weighted by atomic mass is 33.1. The zero-order valence-electron chi connectivity index (χ0n) is 13.4. The fraction of sp³-hybridized carbons (Fsp3) is 0.857. The molecule has 0 unspecified atom stereocenters. The van der Waals surface area contributed by atoms with Gasteiger partial charge >= 0.3 is 0 Å². The smallest absolute Gasteiger partial charge is 0.231 e. The van der Waals surface area contributed by atoms with E-state index in [9.17, 15) is 9.59 Å². The lowest BCUT2D eigenvalue weighted by atomic mass is 10.1. The van der Waals surface area contributed by atoms with Crippen LogP contribution in [0.2, 0.25) is 0 Å². The summed E-state index contributed by atoms with van der Waals surface area (Å²) < 4.78 is -0.0168. The van der Waals surface area contributed by atoms with Crippen LogP contribution < -0.4 is 10.6 Å². The molecule has 2 N–H and O–H groups in total. The van der Waals surface area contributed by atoms with Crippen molar-refractivity contribution in [2.75, 3.05) is 5.75 Å². The number of hydrogen-bond acceptors (Lipinski definition) is 4. The van der Waals surface area contributed by atoms with E-state index in [-0.39, 0.29) is 28.6 Å². The summed E-state index contributed by atoms with van der Waals surface area (Å²) in [6.07, 6.45) is 1.33. The first kappa shape index (κ1) is 19.6. The molecule has 0 saturated heterocycles. The third-order valence-electron chi connectivity index (χ3n) is 2.33. The van der Waals surface area contributed by atoms with E-state index in [0.29, 0.717) is 12.2 Å². The van der Waals surface area contributed by atoms with Crippen LogP contribution in [-0.4, -0.2) is 34.4 Å². The summed E-state index contributed by atoms with van der Waals surface area (Å²) in [5.41, 5.74) is 0. The minimum atomic E-state index is -0.0168. The molecule has 0 radical (unpaired) electrons. The van der Waals surface area contributed by atoms with E-state index in [4.69, 9.17) is 0 Å². The van der Waals surface area contributed by atoms with Crippen molar-refractivity contribution in [2.24, 2.45) is 0 Å². The van der Waals surface area contributed by atoms with Crippen LogP contribution in [0.4, 0.5) is 0 Å². The van der Waals surface area contributed by atoms with Crippen molar-refractivity contribution < 1.29 is 9.59 Å². The number of carbonyl (C=O) groups excluding carboxylic acids is 2. The number of hydrogen-bond donors (Lipinski definition) is 2. The van der Waals surface area contributed by atoms with Crippen molar-refractivity contribution >= 4 is 33.4 Å². The van der Waals surface area contributed by atoms with E-state index >= 15 is 0 Å². The molecule has 6 heteroatoms. The van der Waals surface area contributed by atoms with E-state index in [1.54, 1.807) is 21.6 Å². The number of carbonyl (C=O) groups is 2. The summed E-state index contributed by atoms with van der Waals surface area (Å²) in [6, 6.07) is 0.369. The number of rotatable bonds is 9. The van der Waals surface area contributed by atoms with Gasteiger partial charge in [-0.1, -0.05) is 21.6 Å². The van der Waals surface area contributed by atoms with Gasteiger partial charge in [-0.15, -0.1) is 0 Å². The second-order valence-corrected chi connectivity index (χ2v) is 9.05. The van der Waals surface area contributed by atoms with Gasteiger partial charge in [0.2, 0.25) is 11.8 Å². The lowest BCUT2D eigenvalue weighted by Gasteiger charge is -2.23. The minimum absolute atomic E-state index is 0.0168. The Kier molecular flexibility index (Phi) is 9.38. The van der Waals surface area contributed by atoms with Crippen LogP contribution in [0.5, 0.6) is 0 Å². The molecule has 0 saturated carbocycles. The Morgan fingerprint density at radius 3 is 2.00 bits per heavy atom. The Hall–Kier alpha value is -0.360. The molecule has 0 fully saturated rings. The third kappa shape index (κ3) is 11.5. The van der Waals surface area contributed by atoms with Crippen LogP contribution in [0.15, 0.2) is 0 Å². The molecule has 0 atom stereocenters. The van der Waals surface area contributed by atoms with Gasteiger partial charge in [0.05, 0.1) is 5.75 Å². The molecule has 0 rings (SSSR count). The molecule has 0 bridgehead atoms. The molecule has 0 heterocycles. The first-order valence-electron chi connectivity index (χ1n) is 7.02. The van der Waals surface area contributed by atoms with Gasteiger partial charge in [0.25, 0.3) is 0 Å². The summed E-state index contributed by atoms with van der Waals surface area (Å²) in [6.45, 7) is 12.0. The van der Waals surface area contributed by atoms with Crippen molar-refractivity contribution in [2.45, 2.75) is 71.2 Å². The van der Waals surface area contributed by atoms with Crippen LogP contribution in [0, 0.1) is 0 Å². The van der Waals surface area contributed by atoms with Crippen molar-refractivity contribution in [3.63, 3.8) is 0 Å². The largest absolute Gasteiger partial charge is 0.354 e. The topological polar surface area (TPSA) is 58.2 Å². The lowest BCUT2D eigenvalue weighted by molar-refractivity contribution is -0.122. The highest BCUT2D eigenvalue weighted by Gasteiger charge is 2.21. The maximum atomic E-state index is 11.6. The average Bonchev–Trinajstić information content (AvgIpc) is 2.24. The molecule has 118 valence electrons. The Balaban J connectivity index is 3.89. The molecule has 0 spiro atoms. The zero-order chi connectivity index (χ0) is 15.8. The monoisotopic (exact) mass is 320 g/mol. The second-order valence-electron chi connectivity index (χ2n) is 6.05. The molecular formula is C14H28N2O2S2. The van der Waals surface area contributed by atoms with Gasteiger partial charge in [0.1, 0.15) is 0 Å². The van der Waals surface area contributed by atoms with Crippen LogP contribution in [0.1, 0.15) is 54.4 Å². The molecular weight excluding hydrogens is 292 g/mol. The summed E-state index contributed by atoms with van der Waals surface area (Å²) in [5.74, 6) is 0.604. The zero-order valence-corrected chi connectivity index (χ0v) is 15.0. The lowest BCUT2D eigenvalue weighted by Crippen LogP contribution is -2.32. The Morgan fingerprint density at radius 1 is 1.00 bits per heavy atom. The first-order chi connectivity index (χ1) is 9.12. The standard InChI is InChI=1S/C14H28N2O2S2/c1-10(2)15-12(17)7-8-14(5,6)20-19-9-13(18)16-11(3)4/h10-11H,7-9H2,1-6H3,(H,15,17)(H,16,18). The highest BCUT2D eigenvalue weighted by molar-refractivity contribution is 8.77. The molecule has 0 aliphatic carbocycles. The molecule has 0 aliphatic heterocycles. The normalized spacial score (nSPS) is 11.8. The Morgan fingerprint density at radius 2 is 1.50 bits per heavy atom. The quantitative estimate of drug-likeness (QED) is 0.641. The van der Waals surface area contributed by atoms with Crippen LogP contribution >= 0.6 is 21.6 Å². The summed E-state index contributed by atoms with van der Waals surface area (Å²) in [7, 11) is 3.22. The van der Waals surface area contributed by atoms with Crippen LogP contribution in [-0.2, 0) is 9.59 Å². The van der Waals surface area contributed by atoms with E-state index < -0.39 is 0 Å². The second kappa shape index (κ2) is 9.55. The van der Waals surface area contributed by atoms with Crippen molar-refractivity contribution in [1.29, 1.82) is 0 Å². The van der Waals surface area contributed by atoms with Gasteiger partial charge in [-0.05, 0) is 48.0 Å². The average molecular weight is 321 g/mol. The maximum absolute atomic E-state index is 11.6. The van der Waals surface area contributed by atoms with Gasteiger partial charge in [-0.3, -0.25) is 9.59 Å². The van der Waals surface area contributed by atoms with Crippen molar-refractivity contribution in [1.82, 2.24) is 10.6 Å². The molecule has 0 aromatic heterocycles. The van der Waals surface area contributed by atoms with E-state index in [1.165, 1.54) is 0 Å². The van der Waals surface area contributed by atoms with Gasteiger partial charge in [-0.25, -0.2) is 0 Å². The van der Waals surface area contributed by atoms with Gasteiger partial charge < -0.3 is 10.6 Å². The van der Waals surface area contributed by atoms with Crippen LogP contribution in [0.25, 0.3) is 0 Å². The van der Waals surface area contributed by atoms with Gasteiger partial charge in [0.15, 0.2) is 0 Å². The summed E-state index contributed by atoms with van der Waals surface area (Å²) in [5, 5.41) is 5.76. The molecule has 2 amide bonds. The molecule has 0 aromatic rings. The van der Waals surface area contributed by atoms with Crippen molar-refractivity contribution in [3.8, 4) is 0 Å². The first-order valence-corrected chi connectivity index (χ1v) is 9.33. The van der Waals surface area contributed by atoms with Gasteiger partial charge in [-0.2, -0.15) is 0 Å². The maximum Gasteiger partial charge on any atom is 0.231 e. The highest BCUT2D eigenvalue weighted by Crippen LogP contribution is 2.38. The number of amides is 2.